The zero-order chi connectivity index (χ0) is 17.1. The van der Waals surface area contributed by atoms with Gasteiger partial charge in [0.25, 0.3) is 5.91 Å². The second kappa shape index (κ2) is 7.36. The molecule has 1 aromatic carbocycles. The minimum Gasteiger partial charge on any atom is -0.481 e. The molecule has 0 radical (unpaired) electrons. The first-order valence-corrected chi connectivity index (χ1v) is 8.62. The van der Waals surface area contributed by atoms with Crippen LogP contribution < -0.4 is 5.32 Å². The fraction of sp³-hybridized carbons (Fsp3) is 0.412. The SMILES string of the molecule is O=C(NCC(C(=O)O)C1CCOCC1)c1cc2cc(Br)ccc2o1. The quantitative estimate of drug-likeness (QED) is 0.811. The number of carbonyl (C=O) groups excluding carboxylic acids is 1. The van der Waals surface area contributed by atoms with Gasteiger partial charge in [0.05, 0.1) is 5.92 Å². The Balaban J connectivity index is 1.67. The van der Waals surface area contributed by atoms with E-state index >= 15 is 0 Å². The van der Waals surface area contributed by atoms with Crippen molar-refractivity contribution in [2.75, 3.05) is 19.8 Å². The summed E-state index contributed by atoms with van der Waals surface area (Å²) in [7, 11) is 0. The summed E-state index contributed by atoms with van der Waals surface area (Å²) in [4.78, 5) is 23.8. The molecule has 1 aromatic heterocycles. The second-order valence-corrected chi connectivity index (χ2v) is 6.81. The summed E-state index contributed by atoms with van der Waals surface area (Å²) in [6.45, 7) is 1.22. The van der Waals surface area contributed by atoms with E-state index in [1.807, 2.05) is 12.1 Å². The van der Waals surface area contributed by atoms with E-state index in [1.165, 1.54) is 0 Å². The maximum Gasteiger partial charge on any atom is 0.308 e. The van der Waals surface area contributed by atoms with Crippen molar-refractivity contribution in [3.05, 3.63) is 34.5 Å². The molecule has 1 saturated heterocycles. The molecule has 2 aromatic rings. The molecule has 3 rings (SSSR count). The molecule has 1 aliphatic heterocycles. The number of aliphatic carboxylic acids is 1. The molecule has 2 heterocycles. The van der Waals surface area contributed by atoms with Crippen LogP contribution >= 0.6 is 15.9 Å². The molecular formula is C17H18BrNO5. The number of amides is 1. The number of carboxylic acid groups (broad SMARTS) is 1. The molecule has 24 heavy (non-hydrogen) atoms. The molecule has 0 bridgehead atoms. The Hall–Kier alpha value is -1.86. The van der Waals surface area contributed by atoms with E-state index in [1.54, 1.807) is 12.1 Å². The predicted molar refractivity (Wildman–Crippen MR) is 90.9 cm³/mol. The van der Waals surface area contributed by atoms with E-state index in [9.17, 15) is 14.7 Å². The number of halogens is 1. The summed E-state index contributed by atoms with van der Waals surface area (Å²) in [6, 6.07) is 7.12. The standard InChI is InChI=1S/C17H18BrNO5/c18-12-1-2-14-11(7-12)8-15(24-14)16(20)19-9-13(17(21)22)10-3-5-23-6-4-10/h1-2,7-8,10,13H,3-6,9H2,(H,19,20)(H,21,22). The second-order valence-electron chi connectivity index (χ2n) is 5.90. The fourth-order valence-corrected chi connectivity index (χ4v) is 3.37. The smallest absolute Gasteiger partial charge is 0.308 e. The van der Waals surface area contributed by atoms with Gasteiger partial charge in [-0.3, -0.25) is 9.59 Å². The van der Waals surface area contributed by atoms with Crippen LogP contribution in [-0.2, 0) is 9.53 Å². The number of fused-ring (bicyclic) bond motifs is 1. The Kier molecular flexibility index (Phi) is 5.20. The molecule has 1 aliphatic rings. The topological polar surface area (TPSA) is 88.8 Å². The average Bonchev–Trinajstić information content (AvgIpc) is 2.98. The zero-order valence-electron chi connectivity index (χ0n) is 13.0. The highest BCUT2D eigenvalue weighted by Gasteiger charge is 2.30. The minimum absolute atomic E-state index is 0.0168. The van der Waals surface area contributed by atoms with Gasteiger partial charge in [0.1, 0.15) is 5.58 Å². The molecule has 7 heteroatoms. The Labute approximate surface area is 147 Å². The van der Waals surface area contributed by atoms with Crippen molar-refractivity contribution in [2.45, 2.75) is 12.8 Å². The lowest BCUT2D eigenvalue weighted by molar-refractivity contribution is -0.144. The number of benzene rings is 1. The monoisotopic (exact) mass is 395 g/mol. The van der Waals surface area contributed by atoms with Gasteiger partial charge in [-0.2, -0.15) is 0 Å². The minimum atomic E-state index is -0.893. The Morgan fingerprint density at radius 3 is 2.75 bits per heavy atom. The molecule has 0 spiro atoms. The van der Waals surface area contributed by atoms with E-state index in [0.29, 0.717) is 31.6 Å². The van der Waals surface area contributed by atoms with Crippen LogP contribution in [0.1, 0.15) is 23.4 Å². The molecule has 6 nitrogen and oxygen atoms in total. The lowest BCUT2D eigenvalue weighted by Crippen LogP contribution is -2.38. The summed E-state index contributed by atoms with van der Waals surface area (Å²) in [6.07, 6.45) is 1.40. The highest BCUT2D eigenvalue weighted by Crippen LogP contribution is 2.25. The highest BCUT2D eigenvalue weighted by atomic mass is 79.9. The van der Waals surface area contributed by atoms with Crippen molar-refractivity contribution < 1.29 is 23.8 Å². The number of hydrogen-bond donors (Lipinski definition) is 2. The van der Waals surface area contributed by atoms with Crippen LogP contribution in [0.25, 0.3) is 11.0 Å². The predicted octanol–water partition coefficient (Wildman–Crippen LogP) is 3.05. The first-order valence-electron chi connectivity index (χ1n) is 7.82. The summed E-state index contributed by atoms with van der Waals surface area (Å²) in [5, 5.41) is 12.9. The molecular weight excluding hydrogens is 378 g/mol. The number of rotatable bonds is 5. The largest absolute Gasteiger partial charge is 0.481 e. The van der Waals surface area contributed by atoms with Crippen LogP contribution in [0, 0.1) is 11.8 Å². The molecule has 1 amide bonds. The van der Waals surface area contributed by atoms with Crippen LogP contribution in [0.4, 0.5) is 0 Å². The van der Waals surface area contributed by atoms with Crippen molar-refractivity contribution >= 4 is 38.8 Å². The van der Waals surface area contributed by atoms with Gasteiger partial charge in [-0.1, -0.05) is 15.9 Å². The summed E-state index contributed by atoms with van der Waals surface area (Å²) in [5.41, 5.74) is 0.613. The number of nitrogens with one attached hydrogen (secondary N) is 1. The molecule has 1 atom stereocenters. The molecule has 0 saturated carbocycles. The maximum absolute atomic E-state index is 12.3. The third-order valence-corrected chi connectivity index (χ3v) is 4.83. The summed E-state index contributed by atoms with van der Waals surface area (Å²) < 4.78 is 11.7. The lowest BCUT2D eigenvalue weighted by atomic mass is 9.86. The summed E-state index contributed by atoms with van der Waals surface area (Å²) >= 11 is 3.37. The van der Waals surface area contributed by atoms with Gasteiger partial charge >= 0.3 is 5.97 Å². The first-order chi connectivity index (χ1) is 11.5. The molecule has 1 unspecified atom stereocenters. The van der Waals surface area contributed by atoms with Gasteiger partial charge < -0.3 is 19.6 Å². The van der Waals surface area contributed by atoms with Crippen LogP contribution in [0.3, 0.4) is 0 Å². The third kappa shape index (κ3) is 3.79. The molecule has 0 aliphatic carbocycles. The van der Waals surface area contributed by atoms with Gasteiger partial charge in [0, 0.05) is 29.6 Å². The van der Waals surface area contributed by atoms with Crippen molar-refractivity contribution in [1.29, 1.82) is 0 Å². The average molecular weight is 396 g/mol. The van der Waals surface area contributed by atoms with Gasteiger partial charge in [-0.05, 0) is 43.0 Å². The molecule has 128 valence electrons. The van der Waals surface area contributed by atoms with Crippen LogP contribution in [0.2, 0.25) is 0 Å². The van der Waals surface area contributed by atoms with E-state index in [0.717, 1.165) is 9.86 Å². The molecule has 2 N–H and O–H groups in total. The van der Waals surface area contributed by atoms with E-state index in [2.05, 4.69) is 21.2 Å². The number of carbonyl (C=O) groups is 2. The number of carboxylic acids is 1. The summed E-state index contributed by atoms with van der Waals surface area (Å²) in [5.74, 6) is -1.71. The first kappa shape index (κ1) is 17.0. The number of ether oxygens (including phenoxy) is 1. The third-order valence-electron chi connectivity index (χ3n) is 4.34. The van der Waals surface area contributed by atoms with E-state index in [4.69, 9.17) is 9.15 Å². The van der Waals surface area contributed by atoms with Crippen LogP contribution in [0.5, 0.6) is 0 Å². The van der Waals surface area contributed by atoms with Crippen molar-refractivity contribution in [3.63, 3.8) is 0 Å². The van der Waals surface area contributed by atoms with Crippen molar-refractivity contribution in [2.24, 2.45) is 11.8 Å². The highest BCUT2D eigenvalue weighted by molar-refractivity contribution is 9.10. The number of furan rings is 1. The fourth-order valence-electron chi connectivity index (χ4n) is 2.99. The zero-order valence-corrected chi connectivity index (χ0v) is 14.5. The Morgan fingerprint density at radius 1 is 1.29 bits per heavy atom. The van der Waals surface area contributed by atoms with Crippen LogP contribution in [-0.4, -0.2) is 36.7 Å². The normalized spacial score (nSPS) is 16.9. The van der Waals surface area contributed by atoms with Gasteiger partial charge in [0.15, 0.2) is 5.76 Å². The molecule has 1 fully saturated rings. The van der Waals surface area contributed by atoms with E-state index < -0.39 is 17.8 Å². The lowest BCUT2D eigenvalue weighted by Gasteiger charge is -2.27. The van der Waals surface area contributed by atoms with Crippen molar-refractivity contribution in [1.82, 2.24) is 5.32 Å². The van der Waals surface area contributed by atoms with Gasteiger partial charge in [-0.15, -0.1) is 0 Å². The number of hydrogen-bond acceptors (Lipinski definition) is 4. The van der Waals surface area contributed by atoms with E-state index in [-0.39, 0.29) is 18.2 Å². The van der Waals surface area contributed by atoms with Gasteiger partial charge in [0.2, 0.25) is 0 Å². The van der Waals surface area contributed by atoms with Gasteiger partial charge in [-0.25, -0.2) is 0 Å². The Morgan fingerprint density at radius 2 is 2.04 bits per heavy atom. The van der Waals surface area contributed by atoms with Crippen LogP contribution in [0.15, 0.2) is 33.2 Å². The maximum atomic E-state index is 12.3. The Bertz CT molecular complexity index is 751. The van der Waals surface area contributed by atoms with Crippen molar-refractivity contribution in [3.8, 4) is 0 Å².